The Morgan fingerprint density at radius 1 is 1.27 bits per heavy atom. The van der Waals surface area contributed by atoms with Crippen molar-refractivity contribution >= 4 is 6.03 Å². The van der Waals surface area contributed by atoms with Crippen LogP contribution in [-0.2, 0) is 13.1 Å². The number of benzene rings is 1. The lowest BCUT2D eigenvalue weighted by Gasteiger charge is -2.34. The Hall–Kier alpha value is -2.41. The minimum absolute atomic E-state index is 0.0125. The number of carbonyl (C=O) groups excluding carboxylic acids is 1. The highest BCUT2D eigenvalue weighted by Gasteiger charge is 2.27. The largest absolute Gasteiger partial charge is 0.336 e. The van der Waals surface area contributed by atoms with Gasteiger partial charge in [0.1, 0.15) is 5.82 Å². The van der Waals surface area contributed by atoms with Gasteiger partial charge < -0.3 is 10.2 Å². The number of amides is 2. The molecule has 26 heavy (non-hydrogen) atoms. The summed E-state index contributed by atoms with van der Waals surface area (Å²) in [5.41, 5.74) is 2.07. The molecule has 7 heteroatoms. The molecular weight excluding hydrogens is 333 g/mol. The maximum absolute atomic E-state index is 13.5. The number of urea groups is 1. The van der Waals surface area contributed by atoms with Crippen LogP contribution >= 0.6 is 0 Å². The third kappa shape index (κ3) is 3.72. The monoisotopic (exact) mass is 357 g/mol. The van der Waals surface area contributed by atoms with Crippen LogP contribution in [0.15, 0.2) is 36.5 Å². The molecule has 1 atom stereocenters. The van der Waals surface area contributed by atoms with Gasteiger partial charge in [0.15, 0.2) is 0 Å². The van der Waals surface area contributed by atoms with Crippen molar-refractivity contribution in [2.24, 2.45) is 0 Å². The normalized spacial score (nSPS) is 20.2. The van der Waals surface area contributed by atoms with E-state index in [2.05, 4.69) is 15.3 Å². The summed E-state index contributed by atoms with van der Waals surface area (Å²) in [6, 6.07) is 8.83. The Morgan fingerprint density at radius 3 is 2.92 bits per heavy atom. The van der Waals surface area contributed by atoms with E-state index < -0.39 is 0 Å². The van der Waals surface area contributed by atoms with Gasteiger partial charge in [0.25, 0.3) is 0 Å². The first kappa shape index (κ1) is 17.0. The van der Waals surface area contributed by atoms with Crippen LogP contribution in [0.3, 0.4) is 0 Å². The lowest BCUT2D eigenvalue weighted by molar-refractivity contribution is 0.161. The first-order valence-electron chi connectivity index (χ1n) is 9.21. The molecule has 6 nitrogen and oxygen atoms in total. The quantitative estimate of drug-likeness (QED) is 0.914. The average Bonchev–Trinajstić information content (AvgIpc) is 3.31. The zero-order valence-corrected chi connectivity index (χ0v) is 14.8. The van der Waals surface area contributed by atoms with Gasteiger partial charge in [-0.3, -0.25) is 9.58 Å². The Balaban J connectivity index is 1.41. The molecule has 1 unspecified atom stereocenters. The molecule has 0 spiro atoms. The lowest BCUT2D eigenvalue weighted by Crippen LogP contribution is -2.45. The number of hydrogen-bond acceptors (Lipinski definition) is 3. The summed E-state index contributed by atoms with van der Waals surface area (Å²) in [5.74, 6) is -0.209. The van der Waals surface area contributed by atoms with Crippen molar-refractivity contribution in [1.29, 1.82) is 0 Å². The molecule has 2 aliphatic rings. The van der Waals surface area contributed by atoms with Gasteiger partial charge >= 0.3 is 6.03 Å². The maximum Gasteiger partial charge on any atom is 0.317 e. The van der Waals surface area contributed by atoms with E-state index in [1.54, 1.807) is 18.3 Å². The predicted molar refractivity (Wildman–Crippen MR) is 96.0 cm³/mol. The first-order chi connectivity index (χ1) is 12.7. The van der Waals surface area contributed by atoms with Gasteiger partial charge in [-0.2, -0.15) is 5.10 Å². The zero-order chi connectivity index (χ0) is 17.9. The van der Waals surface area contributed by atoms with Crippen LogP contribution in [0.1, 0.15) is 30.1 Å². The number of rotatable bonds is 4. The fourth-order valence-electron chi connectivity index (χ4n) is 3.87. The Kier molecular flexibility index (Phi) is 4.88. The SMILES string of the molecule is O=C(NCC1CN(Cc2cccc(F)c2)Cc2ccnn21)N1CCCC1. The summed E-state index contributed by atoms with van der Waals surface area (Å²) < 4.78 is 15.5. The number of halogens is 1. The van der Waals surface area contributed by atoms with Crippen LogP contribution < -0.4 is 5.32 Å². The van der Waals surface area contributed by atoms with Crippen molar-refractivity contribution in [3.63, 3.8) is 0 Å². The number of fused-ring (bicyclic) bond motifs is 1. The second-order valence-corrected chi connectivity index (χ2v) is 7.10. The minimum Gasteiger partial charge on any atom is -0.336 e. The van der Waals surface area contributed by atoms with Crippen molar-refractivity contribution in [2.75, 3.05) is 26.2 Å². The Bertz CT molecular complexity index is 771. The molecule has 0 bridgehead atoms. The van der Waals surface area contributed by atoms with Gasteiger partial charge in [-0.1, -0.05) is 12.1 Å². The summed E-state index contributed by atoms with van der Waals surface area (Å²) in [6.45, 7) is 4.45. The van der Waals surface area contributed by atoms with Crippen LogP contribution in [0.4, 0.5) is 9.18 Å². The summed E-state index contributed by atoms with van der Waals surface area (Å²) in [7, 11) is 0. The molecule has 0 radical (unpaired) electrons. The van der Waals surface area contributed by atoms with Crippen molar-refractivity contribution in [1.82, 2.24) is 24.9 Å². The van der Waals surface area contributed by atoms with Crippen molar-refractivity contribution in [3.05, 3.63) is 53.6 Å². The van der Waals surface area contributed by atoms with E-state index in [9.17, 15) is 9.18 Å². The average molecular weight is 357 g/mol. The minimum atomic E-state index is -0.209. The third-order valence-electron chi connectivity index (χ3n) is 5.13. The van der Waals surface area contributed by atoms with Crippen LogP contribution in [0.2, 0.25) is 0 Å². The molecule has 2 amide bonds. The van der Waals surface area contributed by atoms with E-state index in [-0.39, 0.29) is 17.9 Å². The van der Waals surface area contributed by atoms with Gasteiger partial charge in [-0.25, -0.2) is 9.18 Å². The maximum atomic E-state index is 13.5. The Labute approximate surface area is 152 Å². The number of aromatic nitrogens is 2. The van der Waals surface area contributed by atoms with Crippen LogP contribution in [0, 0.1) is 5.82 Å². The second kappa shape index (κ2) is 7.45. The summed E-state index contributed by atoms with van der Waals surface area (Å²) in [6.07, 6.45) is 3.97. The van der Waals surface area contributed by atoms with E-state index in [0.29, 0.717) is 13.1 Å². The van der Waals surface area contributed by atoms with Crippen LogP contribution in [-0.4, -0.2) is 51.8 Å². The van der Waals surface area contributed by atoms with Gasteiger partial charge in [0.2, 0.25) is 0 Å². The molecule has 0 saturated carbocycles. The number of nitrogens with one attached hydrogen (secondary N) is 1. The number of nitrogens with zero attached hydrogens (tertiary/aromatic N) is 4. The zero-order valence-electron chi connectivity index (χ0n) is 14.8. The summed E-state index contributed by atoms with van der Waals surface area (Å²) in [5, 5.41) is 7.49. The number of hydrogen-bond donors (Lipinski definition) is 1. The van der Waals surface area contributed by atoms with Crippen molar-refractivity contribution < 1.29 is 9.18 Å². The van der Waals surface area contributed by atoms with Gasteiger partial charge in [0.05, 0.1) is 11.7 Å². The smallest absolute Gasteiger partial charge is 0.317 e. The summed E-state index contributed by atoms with van der Waals surface area (Å²) in [4.78, 5) is 16.4. The van der Waals surface area contributed by atoms with Gasteiger partial charge in [-0.05, 0) is 36.6 Å². The summed E-state index contributed by atoms with van der Waals surface area (Å²) >= 11 is 0. The molecule has 3 heterocycles. The predicted octanol–water partition coefficient (Wildman–Crippen LogP) is 2.38. The van der Waals surface area contributed by atoms with E-state index in [1.807, 2.05) is 21.7 Å². The highest BCUT2D eigenvalue weighted by molar-refractivity contribution is 5.74. The topological polar surface area (TPSA) is 53.4 Å². The van der Waals surface area contributed by atoms with E-state index >= 15 is 0 Å². The van der Waals surface area contributed by atoms with Crippen LogP contribution in [0.5, 0.6) is 0 Å². The molecule has 138 valence electrons. The van der Waals surface area contributed by atoms with Crippen molar-refractivity contribution in [3.8, 4) is 0 Å². The molecule has 0 aliphatic carbocycles. The lowest BCUT2D eigenvalue weighted by atomic mass is 10.1. The Morgan fingerprint density at radius 2 is 2.12 bits per heavy atom. The molecule has 1 fully saturated rings. The first-order valence-corrected chi connectivity index (χ1v) is 9.21. The fraction of sp³-hybridized carbons (Fsp3) is 0.474. The molecule has 2 aromatic rings. The number of carbonyl (C=O) groups is 1. The highest BCUT2D eigenvalue weighted by atomic mass is 19.1. The fourth-order valence-corrected chi connectivity index (χ4v) is 3.87. The number of likely N-dealkylation sites (tertiary alicyclic amines) is 1. The third-order valence-corrected chi connectivity index (χ3v) is 5.13. The van der Waals surface area contributed by atoms with Gasteiger partial charge in [-0.15, -0.1) is 0 Å². The van der Waals surface area contributed by atoms with Gasteiger partial charge in [0, 0.05) is 45.5 Å². The van der Waals surface area contributed by atoms with E-state index in [4.69, 9.17) is 0 Å². The van der Waals surface area contributed by atoms with E-state index in [1.165, 1.54) is 6.07 Å². The molecule has 1 N–H and O–H groups in total. The molecule has 2 aliphatic heterocycles. The molecular formula is C19H24FN5O. The van der Waals surface area contributed by atoms with Crippen LogP contribution in [0.25, 0.3) is 0 Å². The highest BCUT2D eigenvalue weighted by Crippen LogP contribution is 2.22. The van der Waals surface area contributed by atoms with Crippen molar-refractivity contribution in [2.45, 2.75) is 32.0 Å². The second-order valence-electron chi connectivity index (χ2n) is 7.10. The molecule has 1 aromatic carbocycles. The molecule has 1 saturated heterocycles. The van der Waals surface area contributed by atoms with E-state index in [0.717, 1.165) is 50.3 Å². The molecule has 4 rings (SSSR count). The standard InChI is InChI=1S/C19H24FN5O/c20-16-5-3-4-15(10-16)12-23-13-17-6-7-22-25(17)18(14-23)11-21-19(26)24-8-1-2-9-24/h3-7,10,18H,1-2,8-9,11-14H2,(H,21,26). The molecule has 1 aromatic heterocycles.